The second kappa shape index (κ2) is 8.89. The van der Waals surface area contributed by atoms with Gasteiger partial charge in [0.2, 0.25) is 0 Å². The van der Waals surface area contributed by atoms with Crippen LogP contribution in [0.25, 0.3) is 0 Å². The van der Waals surface area contributed by atoms with E-state index in [1.807, 2.05) is 32.9 Å². The molecule has 6 heteroatoms. The summed E-state index contributed by atoms with van der Waals surface area (Å²) >= 11 is 0. The molecule has 0 atom stereocenters. The summed E-state index contributed by atoms with van der Waals surface area (Å²) in [5.41, 5.74) is 3.63. The highest BCUT2D eigenvalue weighted by Gasteiger charge is 2.15. The van der Waals surface area contributed by atoms with Crippen LogP contribution in [-0.4, -0.2) is 32.1 Å². The molecule has 26 heavy (non-hydrogen) atoms. The molecule has 2 amide bonds. The Labute approximate surface area is 153 Å². The summed E-state index contributed by atoms with van der Waals surface area (Å²) in [7, 11) is 1.59. The van der Waals surface area contributed by atoms with Gasteiger partial charge in [-0.2, -0.15) is 0 Å². The molecule has 0 radical (unpaired) electrons. The van der Waals surface area contributed by atoms with Crippen molar-refractivity contribution in [2.75, 3.05) is 25.6 Å². The van der Waals surface area contributed by atoms with Gasteiger partial charge in [0.25, 0.3) is 0 Å². The van der Waals surface area contributed by atoms with Crippen LogP contribution in [0.1, 0.15) is 16.7 Å². The maximum atomic E-state index is 12.1. The zero-order valence-corrected chi connectivity index (χ0v) is 15.5. The molecule has 2 rings (SSSR count). The molecule has 2 N–H and O–H groups in total. The van der Waals surface area contributed by atoms with E-state index in [1.54, 1.807) is 31.4 Å². The summed E-state index contributed by atoms with van der Waals surface area (Å²) in [6.07, 6.45) is 0. The highest BCUT2D eigenvalue weighted by Crippen LogP contribution is 2.21. The SMILES string of the molecule is COc1ccc(OCCNC(=O)C(=O)Nc2c(C)cc(C)cc2C)cc1. The van der Waals surface area contributed by atoms with Crippen LogP contribution in [0.4, 0.5) is 5.69 Å². The zero-order valence-electron chi connectivity index (χ0n) is 15.5. The van der Waals surface area contributed by atoms with Crippen LogP contribution in [0, 0.1) is 20.8 Å². The quantitative estimate of drug-likeness (QED) is 0.616. The van der Waals surface area contributed by atoms with E-state index in [-0.39, 0.29) is 13.2 Å². The molecule has 0 spiro atoms. The fourth-order valence-electron chi connectivity index (χ4n) is 2.63. The number of aryl methyl sites for hydroxylation is 3. The first kappa shape index (κ1) is 19.3. The first-order chi connectivity index (χ1) is 12.4. The Bertz CT molecular complexity index is 762. The van der Waals surface area contributed by atoms with Crippen molar-refractivity contribution in [3.63, 3.8) is 0 Å². The molecule has 0 aromatic heterocycles. The number of benzene rings is 2. The van der Waals surface area contributed by atoms with Crippen LogP contribution in [0.15, 0.2) is 36.4 Å². The highest BCUT2D eigenvalue weighted by atomic mass is 16.5. The number of hydrogen-bond acceptors (Lipinski definition) is 4. The molecule has 0 heterocycles. The standard InChI is InChI=1S/C20H24N2O4/c1-13-11-14(2)18(15(3)12-13)22-20(24)19(23)21-9-10-26-17-7-5-16(25-4)6-8-17/h5-8,11-12H,9-10H2,1-4H3,(H,21,23)(H,22,24). The number of nitrogens with one attached hydrogen (secondary N) is 2. The van der Waals surface area contributed by atoms with Gasteiger partial charge in [0.05, 0.1) is 13.7 Å². The Hall–Kier alpha value is -3.02. The van der Waals surface area contributed by atoms with Crippen LogP contribution in [0.2, 0.25) is 0 Å². The minimum Gasteiger partial charge on any atom is -0.497 e. The average molecular weight is 356 g/mol. The third kappa shape index (κ3) is 5.24. The maximum Gasteiger partial charge on any atom is 0.313 e. The van der Waals surface area contributed by atoms with Gasteiger partial charge in [0.15, 0.2) is 0 Å². The lowest BCUT2D eigenvalue weighted by atomic mass is 10.1. The number of hydrogen-bond donors (Lipinski definition) is 2. The maximum absolute atomic E-state index is 12.1. The molecule has 138 valence electrons. The molecule has 6 nitrogen and oxygen atoms in total. The Kier molecular flexibility index (Phi) is 6.60. The lowest BCUT2D eigenvalue weighted by molar-refractivity contribution is -0.136. The van der Waals surface area contributed by atoms with Gasteiger partial charge in [0, 0.05) is 5.69 Å². The average Bonchev–Trinajstić information content (AvgIpc) is 2.61. The number of anilines is 1. The molecular weight excluding hydrogens is 332 g/mol. The van der Waals surface area contributed by atoms with E-state index in [2.05, 4.69) is 10.6 Å². The first-order valence-corrected chi connectivity index (χ1v) is 8.34. The molecule has 0 aliphatic carbocycles. The number of methoxy groups -OCH3 is 1. The molecule has 0 saturated heterocycles. The summed E-state index contributed by atoms with van der Waals surface area (Å²) in [4.78, 5) is 24.0. The number of carbonyl (C=O) groups excluding carboxylic acids is 2. The van der Waals surface area contributed by atoms with E-state index >= 15 is 0 Å². The van der Waals surface area contributed by atoms with Gasteiger partial charge in [-0.1, -0.05) is 17.7 Å². The Balaban J connectivity index is 1.79. The monoisotopic (exact) mass is 356 g/mol. The minimum atomic E-state index is -0.692. The molecule has 2 aromatic carbocycles. The van der Waals surface area contributed by atoms with Crippen molar-refractivity contribution in [3.05, 3.63) is 53.1 Å². The Morgan fingerprint density at radius 2 is 1.50 bits per heavy atom. The van der Waals surface area contributed by atoms with Crippen LogP contribution in [0.5, 0.6) is 11.5 Å². The fraction of sp³-hybridized carbons (Fsp3) is 0.300. The van der Waals surface area contributed by atoms with Crippen LogP contribution in [-0.2, 0) is 9.59 Å². The predicted molar refractivity (Wildman–Crippen MR) is 101 cm³/mol. The van der Waals surface area contributed by atoms with E-state index < -0.39 is 11.8 Å². The van der Waals surface area contributed by atoms with Crippen molar-refractivity contribution in [2.24, 2.45) is 0 Å². The molecule has 0 aliphatic heterocycles. The van der Waals surface area contributed by atoms with Crippen molar-refractivity contribution in [3.8, 4) is 11.5 Å². The largest absolute Gasteiger partial charge is 0.497 e. The summed E-state index contributed by atoms with van der Waals surface area (Å²) in [5, 5.41) is 5.22. The predicted octanol–water partition coefficient (Wildman–Crippen LogP) is 2.75. The number of ether oxygens (including phenoxy) is 2. The molecule has 0 unspecified atom stereocenters. The first-order valence-electron chi connectivity index (χ1n) is 8.34. The molecule has 0 bridgehead atoms. The van der Waals surface area contributed by atoms with E-state index in [0.717, 1.165) is 22.4 Å². The highest BCUT2D eigenvalue weighted by molar-refractivity contribution is 6.39. The summed E-state index contributed by atoms with van der Waals surface area (Å²) in [6.45, 7) is 6.27. The van der Waals surface area contributed by atoms with Crippen LogP contribution in [0.3, 0.4) is 0 Å². The van der Waals surface area contributed by atoms with Gasteiger partial charge in [-0.3, -0.25) is 9.59 Å². The normalized spacial score (nSPS) is 10.2. The van der Waals surface area contributed by atoms with Gasteiger partial charge in [0.1, 0.15) is 18.1 Å². The van der Waals surface area contributed by atoms with Gasteiger partial charge < -0.3 is 20.1 Å². The smallest absolute Gasteiger partial charge is 0.313 e. The van der Waals surface area contributed by atoms with E-state index in [4.69, 9.17) is 9.47 Å². The third-order valence-electron chi connectivity index (χ3n) is 3.84. The molecular formula is C20H24N2O4. The second-order valence-electron chi connectivity index (χ2n) is 6.01. The Morgan fingerprint density at radius 1 is 0.923 bits per heavy atom. The van der Waals surface area contributed by atoms with Gasteiger partial charge in [-0.25, -0.2) is 0 Å². The van der Waals surface area contributed by atoms with Crippen molar-refractivity contribution in [1.29, 1.82) is 0 Å². The molecule has 0 fully saturated rings. The van der Waals surface area contributed by atoms with E-state index in [9.17, 15) is 9.59 Å². The number of carbonyl (C=O) groups is 2. The molecule has 0 aliphatic rings. The lowest BCUT2D eigenvalue weighted by Crippen LogP contribution is -2.37. The zero-order chi connectivity index (χ0) is 19.1. The van der Waals surface area contributed by atoms with E-state index in [1.165, 1.54) is 0 Å². The minimum absolute atomic E-state index is 0.226. The van der Waals surface area contributed by atoms with Crippen molar-refractivity contribution >= 4 is 17.5 Å². The second-order valence-corrected chi connectivity index (χ2v) is 6.01. The fourth-order valence-corrected chi connectivity index (χ4v) is 2.63. The summed E-state index contributed by atoms with van der Waals surface area (Å²) in [6, 6.07) is 11.0. The van der Waals surface area contributed by atoms with Crippen LogP contribution < -0.4 is 20.1 Å². The molecule has 0 saturated carbocycles. The van der Waals surface area contributed by atoms with Gasteiger partial charge in [-0.15, -0.1) is 0 Å². The summed E-state index contributed by atoms with van der Waals surface area (Å²) < 4.78 is 10.6. The molecule has 2 aromatic rings. The Morgan fingerprint density at radius 3 is 2.08 bits per heavy atom. The van der Waals surface area contributed by atoms with Crippen molar-refractivity contribution < 1.29 is 19.1 Å². The number of amides is 2. The number of rotatable bonds is 6. The summed E-state index contributed by atoms with van der Waals surface area (Å²) in [5.74, 6) is 0.0200. The van der Waals surface area contributed by atoms with Gasteiger partial charge in [-0.05, 0) is 56.2 Å². The van der Waals surface area contributed by atoms with E-state index in [0.29, 0.717) is 11.4 Å². The lowest BCUT2D eigenvalue weighted by Gasteiger charge is -2.13. The van der Waals surface area contributed by atoms with Gasteiger partial charge >= 0.3 is 11.8 Å². The topological polar surface area (TPSA) is 76.7 Å². The van der Waals surface area contributed by atoms with Crippen molar-refractivity contribution in [2.45, 2.75) is 20.8 Å². The van der Waals surface area contributed by atoms with Crippen LogP contribution >= 0.6 is 0 Å². The third-order valence-corrected chi connectivity index (χ3v) is 3.84. The van der Waals surface area contributed by atoms with Crippen molar-refractivity contribution in [1.82, 2.24) is 5.32 Å².